The van der Waals surface area contributed by atoms with Crippen molar-refractivity contribution in [2.75, 3.05) is 11.9 Å². The minimum atomic E-state index is -0.0389. The summed E-state index contributed by atoms with van der Waals surface area (Å²) < 4.78 is 7.93. The van der Waals surface area contributed by atoms with Gasteiger partial charge in [-0.15, -0.1) is 0 Å². The molecular weight excluding hydrogens is 342 g/mol. The molecule has 1 aromatic carbocycles. The van der Waals surface area contributed by atoms with Crippen LogP contribution in [0.2, 0.25) is 5.02 Å². The highest BCUT2D eigenvalue weighted by molar-refractivity contribution is 7.80. The third-order valence-electron chi connectivity index (χ3n) is 4.19. The van der Waals surface area contributed by atoms with Gasteiger partial charge in [0, 0.05) is 35.7 Å². The molecule has 4 rings (SSSR count). The Morgan fingerprint density at radius 1 is 1.17 bits per heavy atom. The van der Waals surface area contributed by atoms with E-state index >= 15 is 0 Å². The number of hydrogen-bond donors (Lipinski definition) is 1. The first-order chi connectivity index (χ1) is 11.7. The van der Waals surface area contributed by atoms with Crippen molar-refractivity contribution in [2.24, 2.45) is 0 Å². The summed E-state index contributed by atoms with van der Waals surface area (Å²) in [5, 5.41) is 4.63. The molecule has 122 valence electrons. The van der Waals surface area contributed by atoms with Crippen LogP contribution in [0.5, 0.6) is 0 Å². The van der Waals surface area contributed by atoms with Crippen molar-refractivity contribution in [3.8, 4) is 0 Å². The van der Waals surface area contributed by atoms with E-state index in [-0.39, 0.29) is 6.04 Å². The lowest BCUT2D eigenvalue weighted by molar-refractivity contribution is 0.261. The van der Waals surface area contributed by atoms with E-state index in [1.165, 1.54) is 5.69 Å². The molecule has 6 heteroatoms. The van der Waals surface area contributed by atoms with Gasteiger partial charge in [0.2, 0.25) is 0 Å². The Kier molecular flexibility index (Phi) is 4.04. The molecule has 3 aromatic rings. The smallest absolute Gasteiger partial charge is 0.174 e. The zero-order valence-electron chi connectivity index (χ0n) is 12.9. The molecule has 1 N–H and O–H groups in total. The number of furan rings is 1. The quantitative estimate of drug-likeness (QED) is 0.683. The van der Waals surface area contributed by atoms with E-state index < -0.39 is 0 Å². The first-order valence-electron chi connectivity index (χ1n) is 7.74. The number of halogens is 1. The predicted molar refractivity (Wildman–Crippen MR) is 99.4 cm³/mol. The van der Waals surface area contributed by atoms with E-state index in [0.717, 1.165) is 24.5 Å². The van der Waals surface area contributed by atoms with E-state index in [2.05, 4.69) is 33.1 Å². The lowest BCUT2D eigenvalue weighted by atomic mass is 10.1. The van der Waals surface area contributed by atoms with Crippen molar-refractivity contribution in [3.63, 3.8) is 0 Å². The largest absolute Gasteiger partial charge is 0.467 e. The summed E-state index contributed by atoms with van der Waals surface area (Å²) in [5.41, 5.74) is 2.05. The monoisotopic (exact) mass is 357 g/mol. The van der Waals surface area contributed by atoms with Gasteiger partial charge in [0.1, 0.15) is 11.8 Å². The first-order valence-corrected chi connectivity index (χ1v) is 8.52. The summed E-state index contributed by atoms with van der Waals surface area (Å²) in [5.74, 6) is 0.880. The second kappa shape index (κ2) is 6.34. The number of hydrogen-bond acceptors (Lipinski definition) is 2. The maximum Gasteiger partial charge on any atom is 0.174 e. The van der Waals surface area contributed by atoms with Gasteiger partial charge in [0.05, 0.1) is 6.26 Å². The topological polar surface area (TPSA) is 33.3 Å². The molecule has 3 heterocycles. The molecule has 2 aromatic heterocycles. The van der Waals surface area contributed by atoms with Gasteiger partial charge in [0.15, 0.2) is 5.11 Å². The average molecular weight is 358 g/mol. The highest BCUT2D eigenvalue weighted by Gasteiger charge is 2.32. The van der Waals surface area contributed by atoms with E-state index in [1.54, 1.807) is 6.26 Å². The fourth-order valence-corrected chi connectivity index (χ4v) is 3.61. The minimum absolute atomic E-state index is 0.0389. The lowest BCUT2D eigenvalue weighted by Crippen LogP contribution is -2.44. The Morgan fingerprint density at radius 3 is 2.88 bits per heavy atom. The summed E-state index contributed by atoms with van der Waals surface area (Å²) in [6.07, 6.45) is 3.79. The van der Waals surface area contributed by atoms with Gasteiger partial charge in [-0.2, -0.15) is 0 Å². The number of nitrogens with zero attached hydrogens (tertiary/aromatic N) is 2. The van der Waals surface area contributed by atoms with Crippen LogP contribution in [-0.2, 0) is 6.54 Å². The predicted octanol–water partition coefficient (Wildman–Crippen LogP) is 4.54. The van der Waals surface area contributed by atoms with E-state index in [1.807, 2.05) is 36.4 Å². The summed E-state index contributed by atoms with van der Waals surface area (Å²) in [7, 11) is 0. The second-order valence-electron chi connectivity index (χ2n) is 5.68. The molecule has 0 bridgehead atoms. The second-order valence-corrected chi connectivity index (χ2v) is 6.50. The number of aromatic nitrogens is 1. The zero-order chi connectivity index (χ0) is 16.5. The molecule has 1 aliphatic heterocycles. The molecule has 0 spiro atoms. The molecule has 1 atom stereocenters. The summed E-state index contributed by atoms with van der Waals surface area (Å²) >= 11 is 11.7. The van der Waals surface area contributed by atoms with Crippen molar-refractivity contribution in [2.45, 2.75) is 12.6 Å². The van der Waals surface area contributed by atoms with Gasteiger partial charge in [-0.1, -0.05) is 17.7 Å². The van der Waals surface area contributed by atoms with Crippen LogP contribution in [0.4, 0.5) is 5.69 Å². The van der Waals surface area contributed by atoms with Crippen LogP contribution in [0.25, 0.3) is 0 Å². The van der Waals surface area contributed by atoms with Crippen LogP contribution < -0.4 is 5.32 Å². The standard InChI is InChI=1S/C18H16ClN3OS/c19-13-4-1-5-14(12-13)20-18(24)22-10-9-21-8-2-6-15(21)17(22)16-7-3-11-23-16/h1-8,11-12,17H,9-10H2,(H,20,24). The van der Waals surface area contributed by atoms with Crippen molar-refractivity contribution in [1.82, 2.24) is 9.47 Å². The molecule has 0 radical (unpaired) electrons. The van der Waals surface area contributed by atoms with Crippen molar-refractivity contribution < 1.29 is 4.42 Å². The van der Waals surface area contributed by atoms with Crippen LogP contribution in [0.3, 0.4) is 0 Å². The summed E-state index contributed by atoms with van der Waals surface area (Å²) in [4.78, 5) is 2.16. The van der Waals surface area contributed by atoms with E-state index in [0.29, 0.717) is 10.1 Å². The summed E-state index contributed by atoms with van der Waals surface area (Å²) in [6, 6.07) is 15.6. The van der Waals surface area contributed by atoms with Gasteiger partial charge in [-0.05, 0) is 54.7 Å². The lowest BCUT2D eigenvalue weighted by Gasteiger charge is -2.37. The molecule has 0 saturated carbocycles. The number of rotatable bonds is 2. The number of anilines is 1. The highest BCUT2D eigenvalue weighted by atomic mass is 35.5. The fraction of sp³-hybridized carbons (Fsp3) is 0.167. The van der Waals surface area contributed by atoms with Crippen LogP contribution in [0.15, 0.2) is 65.4 Å². The Hall–Kier alpha value is -2.24. The average Bonchev–Trinajstić information content (AvgIpc) is 3.25. The summed E-state index contributed by atoms with van der Waals surface area (Å²) in [6.45, 7) is 1.69. The maximum absolute atomic E-state index is 6.06. The first kappa shape index (κ1) is 15.3. The van der Waals surface area contributed by atoms with Crippen LogP contribution in [0.1, 0.15) is 17.5 Å². The van der Waals surface area contributed by atoms with Crippen LogP contribution in [0, 0.1) is 0 Å². The number of benzene rings is 1. The zero-order valence-corrected chi connectivity index (χ0v) is 14.4. The third kappa shape index (κ3) is 2.81. The highest BCUT2D eigenvalue weighted by Crippen LogP contribution is 2.33. The van der Waals surface area contributed by atoms with Gasteiger partial charge in [-0.3, -0.25) is 0 Å². The van der Waals surface area contributed by atoms with Gasteiger partial charge < -0.3 is 19.2 Å². The van der Waals surface area contributed by atoms with Gasteiger partial charge >= 0.3 is 0 Å². The fourth-order valence-electron chi connectivity index (χ4n) is 3.11. The number of fused-ring (bicyclic) bond motifs is 1. The maximum atomic E-state index is 6.06. The van der Waals surface area contributed by atoms with Crippen molar-refractivity contribution >= 4 is 34.6 Å². The normalized spacial score (nSPS) is 16.7. The molecule has 24 heavy (non-hydrogen) atoms. The SMILES string of the molecule is S=C(Nc1cccc(Cl)c1)N1CCn2cccc2C1c1ccco1. The molecule has 0 amide bonds. The Balaban J connectivity index is 1.65. The molecule has 0 fully saturated rings. The molecule has 1 unspecified atom stereocenters. The van der Waals surface area contributed by atoms with Crippen LogP contribution >= 0.6 is 23.8 Å². The Bertz CT molecular complexity index is 859. The van der Waals surface area contributed by atoms with E-state index in [9.17, 15) is 0 Å². The molecule has 4 nitrogen and oxygen atoms in total. The van der Waals surface area contributed by atoms with Crippen molar-refractivity contribution in [1.29, 1.82) is 0 Å². The molecule has 0 saturated heterocycles. The molecular formula is C18H16ClN3OS. The minimum Gasteiger partial charge on any atom is -0.467 e. The Labute approximate surface area is 150 Å². The molecule has 0 aliphatic carbocycles. The van der Waals surface area contributed by atoms with E-state index in [4.69, 9.17) is 28.2 Å². The van der Waals surface area contributed by atoms with Crippen molar-refractivity contribution in [3.05, 3.63) is 77.5 Å². The number of thiocarbonyl (C=S) groups is 1. The van der Waals surface area contributed by atoms with Crippen LogP contribution in [-0.4, -0.2) is 21.1 Å². The van der Waals surface area contributed by atoms with Gasteiger partial charge in [-0.25, -0.2) is 0 Å². The Morgan fingerprint density at radius 2 is 2.08 bits per heavy atom. The number of nitrogens with one attached hydrogen (secondary N) is 1. The third-order valence-corrected chi connectivity index (χ3v) is 4.76. The molecule has 1 aliphatic rings. The van der Waals surface area contributed by atoms with Gasteiger partial charge in [0.25, 0.3) is 0 Å².